The highest BCUT2D eigenvalue weighted by molar-refractivity contribution is 7.22. The second-order valence-corrected chi connectivity index (χ2v) is 9.89. The zero-order valence-electron chi connectivity index (χ0n) is 17.8. The number of fused-ring (bicyclic) bond motifs is 4. The number of nitriles is 1. The van der Waals surface area contributed by atoms with Crippen molar-refractivity contribution in [2.24, 2.45) is 0 Å². The minimum Gasteiger partial charge on any atom is -0.348 e. The minimum atomic E-state index is -0.374. The molecule has 2 aliphatic heterocycles. The molecule has 2 saturated heterocycles. The van der Waals surface area contributed by atoms with Crippen LogP contribution in [0.15, 0.2) is 24.4 Å². The van der Waals surface area contributed by atoms with E-state index < -0.39 is 0 Å². The summed E-state index contributed by atoms with van der Waals surface area (Å²) in [6.45, 7) is 1.85. The average molecular weight is 448 g/mol. The maximum Gasteiger partial charge on any atom is 0.186 e. The summed E-state index contributed by atoms with van der Waals surface area (Å²) in [4.78, 5) is 11.2. The second kappa shape index (κ2) is 7.22. The molecule has 0 amide bonds. The van der Waals surface area contributed by atoms with Gasteiger partial charge < -0.3 is 10.2 Å². The Labute approximate surface area is 188 Å². The largest absolute Gasteiger partial charge is 0.348 e. The molecular formula is C23H22FN7S. The van der Waals surface area contributed by atoms with Crippen LogP contribution in [0, 0.1) is 24.1 Å². The summed E-state index contributed by atoms with van der Waals surface area (Å²) in [6.07, 6.45) is 6.45. The van der Waals surface area contributed by atoms with E-state index in [1.165, 1.54) is 30.2 Å². The summed E-state index contributed by atoms with van der Waals surface area (Å²) >= 11 is 1.51. The summed E-state index contributed by atoms with van der Waals surface area (Å²) in [7, 11) is 2.07. The summed E-state index contributed by atoms with van der Waals surface area (Å²) in [5, 5.41) is 18.6. The lowest BCUT2D eigenvalue weighted by molar-refractivity contribution is 0.354. The summed E-state index contributed by atoms with van der Waals surface area (Å²) in [5.74, 6) is -0.374. The van der Waals surface area contributed by atoms with Gasteiger partial charge in [-0.25, -0.2) is 18.9 Å². The fraction of sp³-hybridized carbons (Fsp3) is 0.391. The molecule has 9 heteroatoms. The highest BCUT2D eigenvalue weighted by Gasteiger charge is 2.36. The first-order chi connectivity index (χ1) is 15.5. The Morgan fingerprint density at radius 3 is 2.75 bits per heavy atom. The molecule has 2 aliphatic rings. The molecule has 0 spiro atoms. The van der Waals surface area contributed by atoms with Crippen LogP contribution in [-0.4, -0.2) is 44.8 Å². The van der Waals surface area contributed by atoms with Gasteiger partial charge in [-0.2, -0.15) is 10.4 Å². The fourth-order valence-electron chi connectivity index (χ4n) is 5.09. The van der Waals surface area contributed by atoms with Crippen molar-refractivity contribution in [1.82, 2.24) is 24.9 Å². The number of aromatic nitrogens is 4. The first-order valence-electron chi connectivity index (χ1n) is 10.8. The number of hydrogen-bond donors (Lipinski definition) is 1. The molecule has 32 heavy (non-hydrogen) atoms. The number of halogens is 1. The van der Waals surface area contributed by atoms with Crippen molar-refractivity contribution in [3.63, 3.8) is 0 Å². The van der Waals surface area contributed by atoms with E-state index in [1.807, 2.05) is 13.0 Å². The van der Waals surface area contributed by atoms with E-state index in [2.05, 4.69) is 38.4 Å². The number of nitrogens with zero attached hydrogens (tertiary/aromatic N) is 6. The maximum absolute atomic E-state index is 15.1. The molecule has 6 rings (SSSR count). The van der Waals surface area contributed by atoms with Crippen LogP contribution in [0.4, 0.5) is 9.52 Å². The van der Waals surface area contributed by atoms with Gasteiger partial charge in [-0.05, 0) is 50.8 Å². The number of thiazole rings is 1. The third kappa shape index (κ3) is 3.14. The van der Waals surface area contributed by atoms with Gasteiger partial charge in [-0.3, -0.25) is 0 Å². The molecule has 7 nitrogen and oxygen atoms in total. The number of nitrogens with one attached hydrogen (secondary N) is 1. The first kappa shape index (κ1) is 19.6. The molecular weight excluding hydrogens is 425 g/mol. The lowest BCUT2D eigenvalue weighted by atomic mass is 9.99. The van der Waals surface area contributed by atoms with Gasteiger partial charge in [0, 0.05) is 30.7 Å². The van der Waals surface area contributed by atoms with Gasteiger partial charge in [-0.1, -0.05) is 11.3 Å². The molecule has 3 atom stereocenters. The summed E-state index contributed by atoms with van der Waals surface area (Å²) in [5.41, 5.74) is 3.23. The third-order valence-electron chi connectivity index (χ3n) is 6.70. The molecule has 3 aromatic heterocycles. The molecule has 2 fully saturated rings. The number of anilines is 1. The van der Waals surface area contributed by atoms with Gasteiger partial charge >= 0.3 is 0 Å². The Balaban J connectivity index is 1.39. The van der Waals surface area contributed by atoms with Gasteiger partial charge in [-0.15, -0.1) is 0 Å². The van der Waals surface area contributed by atoms with E-state index >= 15 is 4.39 Å². The van der Waals surface area contributed by atoms with Crippen molar-refractivity contribution in [2.45, 2.75) is 50.7 Å². The van der Waals surface area contributed by atoms with Crippen LogP contribution in [-0.2, 0) is 0 Å². The Morgan fingerprint density at radius 2 is 2.00 bits per heavy atom. The second-order valence-electron chi connectivity index (χ2n) is 8.88. The predicted molar refractivity (Wildman–Crippen MR) is 122 cm³/mol. The number of hydrogen-bond acceptors (Lipinski definition) is 7. The van der Waals surface area contributed by atoms with Gasteiger partial charge in [0.2, 0.25) is 0 Å². The monoisotopic (exact) mass is 447 g/mol. The average Bonchev–Trinajstić information content (AvgIpc) is 3.47. The standard InChI is InChI=1S/C23H22FN7S/c1-12-11-31-22(26-12)14(10-25)6-19(29-31)13-5-18(24)21-20(7-13)32-23(28-21)30(2)17-8-15-3-4-16(9-17)27-15/h5-7,11,15-17,27H,3-4,8-9H2,1-2H3/t15-,16+,17?. The van der Waals surface area contributed by atoms with Crippen LogP contribution in [0.1, 0.15) is 36.9 Å². The lowest BCUT2D eigenvalue weighted by Crippen LogP contribution is -2.47. The number of imidazole rings is 1. The molecule has 2 bridgehead atoms. The van der Waals surface area contributed by atoms with Crippen molar-refractivity contribution >= 4 is 32.3 Å². The van der Waals surface area contributed by atoms with E-state index in [0.717, 1.165) is 28.4 Å². The van der Waals surface area contributed by atoms with Crippen LogP contribution in [0.3, 0.4) is 0 Å². The molecule has 5 heterocycles. The SMILES string of the molecule is Cc1cn2nc(-c3cc(F)c4nc(N(C)C5C[C@H]6CC[C@@H](C5)N6)sc4c3)cc(C#N)c2n1. The van der Waals surface area contributed by atoms with E-state index in [0.29, 0.717) is 46.1 Å². The first-order valence-corrected chi connectivity index (χ1v) is 11.7. The van der Waals surface area contributed by atoms with Crippen LogP contribution in [0.2, 0.25) is 0 Å². The fourth-order valence-corrected chi connectivity index (χ4v) is 6.14. The Morgan fingerprint density at radius 1 is 1.22 bits per heavy atom. The quantitative estimate of drug-likeness (QED) is 0.510. The number of rotatable bonds is 3. The van der Waals surface area contributed by atoms with Crippen molar-refractivity contribution < 1.29 is 4.39 Å². The summed E-state index contributed by atoms with van der Waals surface area (Å²) in [6, 6.07) is 8.80. The Kier molecular flexibility index (Phi) is 4.42. The highest BCUT2D eigenvalue weighted by Crippen LogP contribution is 2.37. The Hall–Kier alpha value is -3.09. The number of benzene rings is 1. The molecule has 0 radical (unpaired) electrons. The zero-order valence-corrected chi connectivity index (χ0v) is 18.7. The van der Waals surface area contributed by atoms with Gasteiger partial charge in [0.1, 0.15) is 11.6 Å². The molecule has 0 saturated carbocycles. The van der Waals surface area contributed by atoms with E-state index in [1.54, 1.807) is 16.8 Å². The van der Waals surface area contributed by atoms with Gasteiger partial charge in [0.25, 0.3) is 0 Å². The van der Waals surface area contributed by atoms with Crippen LogP contribution >= 0.6 is 11.3 Å². The molecule has 0 aliphatic carbocycles. The van der Waals surface area contributed by atoms with E-state index in [9.17, 15) is 5.26 Å². The molecule has 1 aromatic carbocycles. The summed E-state index contributed by atoms with van der Waals surface area (Å²) < 4.78 is 17.5. The van der Waals surface area contributed by atoms with E-state index in [-0.39, 0.29) is 5.82 Å². The molecule has 162 valence electrons. The molecule has 1 unspecified atom stereocenters. The van der Waals surface area contributed by atoms with Crippen LogP contribution < -0.4 is 10.2 Å². The highest BCUT2D eigenvalue weighted by atomic mass is 32.1. The predicted octanol–water partition coefficient (Wildman–Crippen LogP) is 4.04. The number of piperidine rings is 1. The van der Waals surface area contributed by atoms with E-state index in [4.69, 9.17) is 0 Å². The van der Waals surface area contributed by atoms with Crippen molar-refractivity contribution in [2.75, 3.05) is 11.9 Å². The van der Waals surface area contributed by atoms with Crippen LogP contribution in [0.5, 0.6) is 0 Å². The normalized spacial score (nSPS) is 22.5. The van der Waals surface area contributed by atoms with Crippen molar-refractivity contribution in [3.05, 3.63) is 41.5 Å². The minimum absolute atomic E-state index is 0.374. The van der Waals surface area contributed by atoms with Crippen LogP contribution in [0.25, 0.3) is 27.1 Å². The lowest BCUT2D eigenvalue weighted by Gasteiger charge is -2.35. The zero-order chi connectivity index (χ0) is 22.0. The topological polar surface area (TPSA) is 82.1 Å². The molecule has 4 aromatic rings. The van der Waals surface area contributed by atoms with Gasteiger partial charge in [0.15, 0.2) is 16.6 Å². The van der Waals surface area contributed by atoms with Crippen molar-refractivity contribution in [3.8, 4) is 17.3 Å². The maximum atomic E-state index is 15.1. The molecule has 1 N–H and O–H groups in total. The third-order valence-corrected chi connectivity index (χ3v) is 7.79. The number of aryl methyl sites for hydroxylation is 1. The van der Waals surface area contributed by atoms with Crippen molar-refractivity contribution in [1.29, 1.82) is 5.26 Å². The van der Waals surface area contributed by atoms with Gasteiger partial charge in [0.05, 0.1) is 27.8 Å². The smallest absolute Gasteiger partial charge is 0.186 e. The Bertz CT molecular complexity index is 1390.